The fourth-order valence-corrected chi connectivity index (χ4v) is 6.58. The Hall–Kier alpha value is -4.54. The summed E-state index contributed by atoms with van der Waals surface area (Å²) in [6.07, 6.45) is 0.190. The molecule has 2 amide bonds. The van der Waals surface area contributed by atoms with Gasteiger partial charge in [-0.1, -0.05) is 72.3 Å². The van der Waals surface area contributed by atoms with Gasteiger partial charge in [-0.3, -0.25) is 13.9 Å². The summed E-state index contributed by atoms with van der Waals surface area (Å²) in [4.78, 5) is 30.1. The van der Waals surface area contributed by atoms with Crippen LogP contribution in [0.1, 0.15) is 31.9 Å². The Morgan fingerprint density at radius 2 is 1.45 bits per heavy atom. The molecule has 9 nitrogen and oxygen atoms in total. The number of carbonyl (C=O) groups is 2. The highest BCUT2D eigenvalue weighted by Crippen LogP contribution is 2.36. The lowest BCUT2D eigenvalue weighted by molar-refractivity contribution is -0.140. The topological polar surface area (TPSA) is 105 Å². The van der Waals surface area contributed by atoms with Gasteiger partial charge >= 0.3 is 0 Å². The maximum absolute atomic E-state index is 14.7. The Bertz CT molecular complexity index is 1760. The van der Waals surface area contributed by atoms with Gasteiger partial charge in [0.05, 0.1) is 24.8 Å². The Kier molecular flexibility index (Phi) is 11.5. The Morgan fingerprint density at radius 3 is 2.02 bits per heavy atom. The van der Waals surface area contributed by atoms with E-state index in [-0.39, 0.29) is 35.2 Å². The molecule has 1 atom stereocenters. The molecule has 248 valence electrons. The van der Waals surface area contributed by atoms with Crippen LogP contribution < -0.4 is 19.1 Å². The van der Waals surface area contributed by atoms with Crippen LogP contribution in [0.4, 0.5) is 5.69 Å². The summed E-state index contributed by atoms with van der Waals surface area (Å²) >= 11 is 6.16. The van der Waals surface area contributed by atoms with Crippen LogP contribution in [-0.2, 0) is 32.6 Å². The first-order chi connectivity index (χ1) is 22.3. The number of benzene rings is 4. The molecule has 0 aromatic heterocycles. The molecular formula is C36H40ClN3O6S. The van der Waals surface area contributed by atoms with E-state index in [0.29, 0.717) is 16.3 Å². The predicted molar refractivity (Wildman–Crippen MR) is 184 cm³/mol. The van der Waals surface area contributed by atoms with Gasteiger partial charge in [-0.2, -0.15) is 0 Å². The third kappa shape index (κ3) is 9.27. The summed E-state index contributed by atoms with van der Waals surface area (Å²) in [5.74, 6) is -0.394. The van der Waals surface area contributed by atoms with E-state index in [1.54, 1.807) is 54.6 Å². The molecule has 0 spiro atoms. The van der Waals surface area contributed by atoms with Crippen molar-refractivity contribution in [2.24, 2.45) is 0 Å². The molecule has 4 aromatic carbocycles. The Balaban J connectivity index is 1.87. The lowest BCUT2D eigenvalue weighted by atomic mass is 10.0. The molecule has 1 unspecified atom stereocenters. The number of amides is 2. The molecule has 0 aliphatic heterocycles. The molecule has 1 N–H and O–H groups in total. The first-order valence-electron chi connectivity index (χ1n) is 15.0. The second-order valence-electron chi connectivity index (χ2n) is 12.0. The van der Waals surface area contributed by atoms with Gasteiger partial charge < -0.3 is 19.7 Å². The molecular weight excluding hydrogens is 638 g/mol. The van der Waals surface area contributed by atoms with Crippen molar-refractivity contribution in [2.75, 3.05) is 25.1 Å². The summed E-state index contributed by atoms with van der Waals surface area (Å²) in [7, 11) is -1.44. The fraction of sp³-hybridized carbons (Fsp3) is 0.278. The van der Waals surface area contributed by atoms with Gasteiger partial charge in [-0.05, 0) is 68.3 Å². The molecule has 0 heterocycles. The number of sulfonamides is 1. The number of hydrogen-bond acceptors (Lipinski definition) is 6. The SMILES string of the molecule is COc1ccc(OC)c(N(CC(=O)N(Cc2ccc(Cl)cc2)C(Cc2ccccc2)C(=O)NC(C)(C)C)S(=O)(=O)c2ccccc2)c1. The van der Waals surface area contributed by atoms with Crippen molar-refractivity contribution < 1.29 is 27.5 Å². The molecule has 0 aliphatic rings. The molecule has 0 saturated heterocycles. The van der Waals surface area contributed by atoms with E-state index in [4.69, 9.17) is 21.1 Å². The number of nitrogens with one attached hydrogen (secondary N) is 1. The standard InChI is InChI=1S/C36H40ClN3O6S/c1-36(2,3)38-35(42)32(22-26-12-8-6-9-13-26)39(24-27-16-18-28(37)19-17-27)34(41)25-40(47(43,44)30-14-10-7-11-15-30)31-23-29(45-4)20-21-33(31)46-5/h6-21,23,32H,22,24-25H2,1-5H3,(H,38,42). The van der Waals surface area contributed by atoms with Gasteiger partial charge in [0.25, 0.3) is 10.0 Å². The molecule has 0 radical (unpaired) electrons. The molecule has 11 heteroatoms. The molecule has 0 saturated carbocycles. The maximum atomic E-state index is 14.7. The first-order valence-corrected chi connectivity index (χ1v) is 16.8. The Morgan fingerprint density at radius 1 is 0.830 bits per heavy atom. The number of ether oxygens (including phenoxy) is 2. The molecule has 0 bridgehead atoms. The zero-order chi connectivity index (χ0) is 34.2. The number of hydrogen-bond donors (Lipinski definition) is 1. The Labute approximate surface area is 282 Å². The van der Waals surface area contributed by atoms with Gasteiger partial charge in [0.1, 0.15) is 24.1 Å². The number of halogens is 1. The van der Waals surface area contributed by atoms with E-state index >= 15 is 0 Å². The second-order valence-corrected chi connectivity index (χ2v) is 14.3. The van der Waals surface area contributed by atoms with E-state index in [2.05, 4.69) is 5.32 Å². The van der Waals surface area contributed by atoms with Gasteiger partial charge in [-0.25, -0.2) is 8.42 Å². The second kappa shape index (κ2) is 15.4. The van der Waals surface area contributed by atoms with E-state index in [9.17, 15) is 18.0 Å². The third-order valence-corrected chi connectivity index (χ3v) is 9.33. The van der Waals surface area contributed by atoms with Gasteiger partial charge in [0.2, 0.25) is 11.8 Å². The van der Waals surface area contributed by atoms with Crippen LogP contribution in [0.5, 0.6) is 11.5 Å². The van der Waals surface area contributed by atoms with E-state index in [0.717, 1.165) is 9.87 Å². The highest BCUT2D eigenvalue weighted by molar-refractivity contribution is 7.92. The number of anilines is 1. The van der Waals surface area contributed by atoms with Crippen molar-refractivity contribution in [2.45, 2.75) is 50.2 Å². The number of methoxy groups -OCH3 is 2. The van der Waals surface area contributed by atoms with Crippen molar-refractivity contribution in [3.05, 3.63) is 119 Å². The molecule has 0 fully saturated rings. The third-order valence-electron chi connectivity index (χ3n) is 7.30. The van der Waals surface area contributed by atoms with Crippen molar-refractivity contribution in [1.29, 1.82) is 0 Å². The zero-order valence-corrected chi connectivity index (χ0v) is 28.7. The van der Waals surface area contributed by atoms with E-state index in [1.165, 1.54) is 37.3 Å². The lowest BCUT2D eigenvalue weighted by Crippen LogP contribution is -2.56. The minimum Gasteiger partial charge on any atom is -0.497 e. The van der Waals surface area contributed by atoms with Gasteiger partial charge in [0, 0.05) is 29.6 Å². The van der Waals surface area contributed by atoms with Crippen LogP contribution in [0.15, 0.2) is 108 Å². The summed E-state index contributed by atoms with van der Waals surface area (Å²) < 4.78 is 40.6. The smallest absolute Gasteiger partial charge is 0.264 e. The van der Waals surface area contributed by atoms with Gasteiger partial charge in [0.15, 0.2) is 0 Å². The largest absolute Gasteiger partial charge is 0.497 e. The van der Waals surface area contributed by atoms with E-state index in [1.807, 2.05) is 51.1 Å². The van der Waals surface area contributed by atoms with Crippen LogP contribution >= 0.6 is 11.6 Å². The maximum Gasteiger partial charge on any atom is 0.264 e. The lowest BCUT2D eigenvalue weighted by Gasteiger charge is -2.35. The van der Waals surface area contributed by atoms with Crippen LogP contribution in [-0.4, -0.2) is 57.5 Å². The number of rotatable bonds is 13. The average Bonchev–Trinajstić information content (AvgIpc) is 3.05. The highest BCUT2D eigenvalue weighted by Gasteiger charge is 2.36. The van der Waals surface area contributed by atoms with Crippen molar-refractivity contribution in [1.82, 2.24) is 10.2 Å². The van der Waals surface area contributed by atoms with Crippen LogP contribution in [0.25, 0.3) is 0 Å². The minimum absolute atomic E-state index is 0.0134. The van der Waals surface area contributed by atoms with Gasteiger partial charge in [-0.15, -0.1) is 0 Å². The number of nitrogens with zero attached hydrogens (tertiary/aromatic N) is 2. The molecule has 4 aromatic rings. The molecule has 4 rings (SSSR count). The normalized spacial score (nSPS) is 12.1. The minimum atomic E-state index is -4.32. The van der Waals surface area contributed by atoms with Crippen molar-refractivity contribution in [3.63, 3.8) is 0 Å². The number of carbonyl (C=O) groups excluding carboxylic acids is 2. The average molecular weight is 678 g/mol. The van der Waals surface area contributed by atoms with Crippen LogP contribution in [0, 0.1) is 0 Å². The summed E-state index contributed by atoms with van der Waals surface area (Å²) in [5.41, 5.74) is 1.05. The quantitative estimate of drug-likeness (QED) is 0.183. The predicted octanol–water partition coefficient (Wildman–Crippen LogP) is 6.11. The zero-order valence-electron chi connectivity index (χ0n) is 27.1. The van der Waals surface area contributed by atoms with Crippen molar-refractivity contribution in [3.8, 4) is 11.5 Å². The summed E-state index contributed by atoms with van der Waals surface area (Å²) in [5, 5.41) is 3.54. The first kappa shape index (κ1) is 35.3. The van der Waals surface area contributed by atoms with Crippen LogP contribution in [0.2, 0.25) is 5.02 Å². The summed E-state index contributed by atoms with van der Waals surface area (Å²) in [6.45, 7) is 4.96. The highest BCUT2D eigenvalue weighted by atomic mass is 35.5. The van der Waals surface area contributed by atoms with Crippen molar-refractivity contribution >= 4 is 39.1 Å². The fourth-order valence-electron chi connectivity index (χ4n) is 5.02. The molecule has 47 heavy (non-hydrogen) atoms. The monoisotopic (exact) mass is 677 g/mol. The van der Waals surface area contributed by atoms with Crippen LogP contribution in [0.3, 0.4) is 0 Å². The van der Waals surface area contributed by atoms with E-state index < -0.39 is 34.1 Å². The summed E-state index contributed by atoms with van der Waals surface area (Å²) in [6, 6.07) is 27.9. The molecule has 0 aliphatic carbocycles.